The number of benzene rings is 3. The van der Waals surface area contributed by atoms with Gasteiger partial charge in [0, 0.05) is 40.7 Å². The summed E-state index contributed by atoms with van der Waals surface area (Å²) in [5.41, 5.74) is 8.20. The number of carbonyl (C=O) groups is 1. The number of ether oxygens (including phenoxy) is 1. The summed E-state index contributed by atoms with van der Waals surface area (Å²) in [6.45, 7) is 2.58. The lowest BCUT2D eigenvalue weighted by Gasteiger charge is -2.38. The van der Waals surface area contributed by atoms with Crippen LogP contribution in [0.4, 0.5) is 0 Å². The van der Waals surface area contributed by atoms with Gasteiger partial charge in [0.05, 0.1) is 11.6 Å². The average molecular weight is 463 g/mol. The van der Waals surface area contributed by atoms with E-state index in [0.717, 1.165) is 45.0 Å². The van der Waals surface area contributed by atoms with E-state index in [1.807, 2.05) is 29.2 Å². The van der Waals surface area contributed by atoms with E-state index >= 15 is 0 Å². The van der Waals surface area contributed by atoms with Crippen LogP contribution in [0.3, 0.4) is 0 Å². The Kier molecular flexibility index (Phi) is 4.68. The summed E-state index contributed by atoms with van der Waals surface area (Å²) in [5.74, 6) is 0.992. The average Bonchev–Trinajstić information content (AvgIpc) is 3.37. The van der Waals surface area contributed by atoms with E-state index < -0.39 is 0 Å². The molecule has 2 N–H and O–H groups in total. The number of halogens is 1. The molecule has 6 heteroatoms. The van der Waals surface area contributed by atoms with Crippen molar-refractivity contribution in [3.8, 4) is 5.75 Å². The molecule has 2 aliphatic rings. The van der Waals surface area contributed by atoms with E-state index in [1.54, 1.807) is 0 Å². The maximum Gasteiger partial charge on any atom is 0.265 e. The number of hydrogen-bond acceptors (Lipinski definition) is 4. The van der Waals surface area contributed by atoms with Gasteiger partial charge in [0.2, 0.25) is 0 Å². The first-order valence-electron chi connectivity index (χ1n) is 10.9. The molecule has 6 rings (SSSR count). The van der Waals surface area contributed by atoms with Crippen molar-refractivity contribution < 1.29 is 9.53 Å². The van der Waals surface area contributed by atoms with Crippen molar-refractivity contribution in [3.05, 3.63) is 75.6 Å². The van der Waals surface area contributed by atoms with Crippen LogP contribution in [0.2, 0.25) is 5.02 Å². The number of nitrogens with zero attached hydrogens (tertiary/aromatic N) is 1. The molecule has 3 heterocycles. The SMILES string of the molecule is NCc1ccc2c(c1)C1(CCN(C(=O)c3sc4ccc5ccccc5c4c3Cl)CC1)CO2. The van der Waals surface area contributed by atoms with Gasteiger partial charge < -0.3 is 15.4 Å². The molecule has 1 spiro atoms. The molecule has 32 heavy (non-hydrogen) atoms. The number of carbonyl (C=O) groups excluding carboxylic acids is 1. The molecule has 0 radical (unpaired) electrons. The van der Waals surface area contributed by atoms with Crippen LogP contribution >= 0.6 is 22.9 Å². The first-order valence-corrected chi connectivity index (χ1v) is 12.1. The Morgan fingerprint density at radius 1 is 1.12 bits per heavy atom. The van der Waals surface area contributed by atoms with Gasteiger partial charge in [0.1, 0.15) is 10.6 Å². The molecule has 0 bridgehead atoms. The molecule has 1 fully saturated rings. The van der Waals surface area contributed by atoms with Gasteiger partial charge in [-0.25, -0.2) is 0 Å². The maximum atomic E-state index is 13.5. The minimum absolute atomic E-state index is 0.0303. The van der Waals surface area contributed by atoms with E-state index in [9.17, 15) is 4.79 Å². The third kappa shape index (κ3) is 2.95. The zero-order chi connectivity index (χ0) is 21.9. The molecule has 0 unspecified atom stereocenters. The first kappa shape index (κ1) is 20.0. The van der Waals surface area contributed by atoms with Gasteiger partial charge in [-0.1, -0.05) is 54.1 Å². The van der Waals surface area contributed by atoms with E-state index in [4.69, 9.17) is 22.1 Å². The van der Waals surface area contributed by atoms with E-state index in [2.05, 4.69) is 30.3 Å². The van der Waals surface area contributed by atoms with Gasteiger partial charge in [0.15, 0.2) is 0 Å². The molecule has 1 amide bonds. The molecule has 1 saturated heterocycles. The van der Waals surface area contributed by atoms with Crippen molar-refractivity contribution >= 4 is 49.7 Å². The standard InChI is InChI=1S/C26H23ClN2O2S/c27-23-22-18-4-2-1-3-17(18)6-8-21(22)32-24(23)25(30)29-11-9-26(10-12-29)15-31-20-7-5-16(14-28)13-19(20)26/h1-8,13H,9-12,14-15,28H2. The van der Waals surface area contributed by atoms with Gasteiger partial charge in [-0.15, -0.1) is 11.3 Å². The zero-order valence-corrected chi connectivity index (χ0v) is 19.1. The zero-order valence-electron chi connectivity index (χ0n) is 17.6. The number of thiophene rings is 1. The summed E-state index contributed by atoms with van der Waals surface area (Å²) >= 11 is 8.30. The molecular formula is C26H23ClN2O2S. The van der Waals surface area contributed by atoms with Gasteiger partial charge >= 0.3 is 0 Å². The van der Waals surface area contributed by atoms with Crippen molar-refractivity contribution in [1.82, 2.24) is 4.90 Å². The molecule has 0 aliphatic carbocycles. The predicted molar refractivity (Wildman–Crippen MR) is 131 cm³/mol. The molecule has 2 aliphatic heterocycles. The number of rotatable bonds is 2. The summed E-state index contributed by atoms with van der Waals surface area (Å²) in [4.78, 5) is 16.1. The van der Waals surface area contributed by atoms with Crippen LogP contribution in [0, 0.1) is 0 Å². The number of nitrogens with two attached hydrogens (primary N) is 1. The number of amides is 1. The van der Waals surface area contributed by atoms with Gasteiger partial charge in [-0.3, -0.25) is 4.79 Å². The fraction of sp³-hybridized carbons (Fsp3) is 0.269. The minimum Gasteiger partial charge on any atom is -0.492 e. The quantitative estimate of drug-likeness (QED) is 0.413. The molecule has 0 atom stereocenters. The van der Waals surface area contributed by atoms with Crippen LogP contribution in [0.25, 0.3) is 20.9 Å². The van der Waals surface area contributed by atoms with Gasteiger partial charge in [-0.2, -0.15) is 0 Å². The highest BCUT2D eigenvalue weighted by Crippen LogP contribution is 2.47. The van der Waals surface area contributed by atoms with Gasteiger partial charge in [0.25, 0.3) is 5.91 Å². The topological polar surface area (TPSA) is 55.6 Å². The van der Waals surface area contributed by atoms with Crippen molar-refractivity contribution in [2.24, 2.45) is 5.73 Å². The van der Waals surface area contributed by atoms with Crippen LogP contribution in [0.1, 0.15) is 33.6 Å². The molecule has 1 aromatic heterocycles. The Labute approximate surface area is 195 Å². The third-order valence-electron chi connectivity index (χ3n) is 7.08. The van der Waals surface area contributed by atoms with Crippen molar-refractivity contribution in [3.63, 3.8) is 0 Å². The number of likely N-dealkylation sites (tertiary alicyclic amines) is 1. The summed E-state index contributed by atoms with van der Waals surface area (Å²) in [7, 11) is 0. The van der Waals surface area contributed by atoms with Crippen LogP contribution in [-0.4, -0.2) is 30.5 Å². The molecule has 4 nitrogen and oxygen atoms in total. The minimum atomic E-state index is -0.0303. The largest absolute Gasteiger partial charge is 0.492 e. The number of fused-ring (bicyclic) bond motifs is 5. The summed E-state index contributed by atoms with van der Waals surface area (Å²) < 4.78 is 7.06. The van der Waals surface area contributed by atoms with Crippen LogP contribution in [0.15, 0.2) is 54.6 Å². The van der Waals surface area contributed by atoms with Crippen molar-refractivity contribution in [2.75, 3.05) is 19.7 Å². The Morgan fingerprint density at radius 2 is 1.94 bits per heavy atom. The fourth-order valence-electron chi connectivity index (χ4n) is 5.20. The van der Waals surface area contributed by atoms with E-state index in [-0.39, 0.29) is 11.3 Å². The number of hydrogen-bond donors (Lipinski definition) is 1. The van der Waals surface area contributed by atoms with E-state index in [1.165, 1.54) is 16.9 Å². The highest BCUT2D eigenvalue weighted by atomic mass is 35.5. The monoisotopic (exact) mass is 462 g/mol. The summed E-state index contributed by atoms with van der Waals surface area (Å²) in [6, 6.07) is 18.6. The van der Waals surface area contributed by atoms with Crippen LogP contribution in [-0.2, 0) is 12.0 Å². The molecule has 3 aromatic carbocycles. The second kappa shape index (κ2) is 7.48. The summed E-state index contributed by atoms with van der Waals surface area (Å²) in [6.07, 6.45) is 1.76. The molecule has 4 aromatic rings. The lowest BCUT2D eigenvalue weighted by Crippen LogP contribution is -2.46. The maximum absolute atomic E-state index is 13.5. The fourth-order valence-corrected chi connectivity index (χ4v) is 6.74. The number of piperidine rings is 1. The second-order valence-electron chi connectivity index (χ2n) is 8.80. The van der Waals surface area contributed by atoms with Crippen molar-refractivity contribution in [2.45, 2.75) is 24.8 Å². The van der Waals surface area contributed by atoms with Crippen LogP contribution in [0.5, 0.6) is 5.75 Å². The Balaban J connectivity index is 1.29. The smallest absolute Gasteiger partial charge is 0.265 e. The normalized spacial score (nSPS) is 17.1. The molecular weight excluding hydrogens is 440 g/mol. The predicted octanol–water partition coefficient (Wildman–Crippen LogP) is 5.73. The summed E-state index contributed by atoms with van der Waals surface area (Å²) in [5, 5.41) is 3.79. The van der Waals surface area contributed by atoms with Crippen LogP contribution < -0.4 is 10.5 Å². The second-order valence-corrected chi connectivity index (χ2v) is 10.2. The Bertz CT molecular complexity index is 1370. The highest BCUT2D eigenvalue weighted by molar-refractivity contribution is 7.21. The highest BCUT2D eigenvalue weighted by Gasteiger charge is 2.44. The molecule has 162 valence electrons. The lowest BCUT2D eigenvalue weighted by atomic mass is 9.74. The Morgan fingerprint density at radius 3 is 2.75 bits per heavy atom. The van der Waals surface area contributed by atoms with Crippen molar-refractivity contribution in [1.29, 1.82) is 0 Å². The first-order chi connectivity index (χ1) is 15.6. The Hall–Kier alpha value is -2.60. The van der Waals surface area contributed by atoms with Gasteiger partial charge in [-0.05, 0) is 41.3 Å². The molecule has 0 saturated carbocycles. The lowest BCUT2D eigenvalue weighted by molar-refractivity contribution is 0.0651. The third-order valence-corrected chi connectivity index (χ3v) is 8.71. The van der Waals surface area contributed by atoms with E-state index in [0.29, 0.717) is 36.1 Å².